The van der Waals surface area contributed by atoms with E-state index in [4.69, 9.17) is 0 Å². The monoisotopic (exact) mass is 280 g/mol. The van der Waals surface area contributed by atoms with E-state index in [1.165, 1.54) is 29.2 Å². The smallest absolute Gasteiger partial charge is 0.326 e. The predicted octanol–water partition coefficient (Wildman–Crippen LogP) is 2.69. The number of rotatable bonds is 2. The van der Waals surface area contributed by atoms with E-state index in [0.29, 0.717) is 18.7 Å². The van der Waals surface area contributed by atoms with Crippen LogP contribution in [0.4, 0.5) is 14.9 Å². The standard InChI is InChI=1S/C14H17FN2O3/c15-10-5-7-11(8-6-10)16-14(20)17-9-3-1-2-4-12(17)13(18)19/h5-8,12H,1-4,9H2,(H,16,20)(H,18,19). The molecule has 1 heterocycles. The third-order valence-electron chi connectivity index (χ3n) is 3.39. The van der Waals surface area contributed by atoms with Gasteiger partial charge in [-0.05, 0) is 37.1 Å². The molecule has 1 atom stereocenters. The summed E-state index contributed by atoms with van der Waals surface area (Å²) in [6.45, 7) is 0.421. The molecule has 1 unspecified atom stereocenters. The van der Waals surface area contributed by atoms with Gasteiger partial charge in [-0.3, -0.25) is 0 Å². The number of amides is 2. The summed E-state index contributed by atoms with van der Waals surface area (Å²) in [5, 5.41) is 11.8. The fourth-order valence-corrected chi connectivity index (χ4v) is 2.34. The Morgan fingerprint density at radius 2 is 1.90 bits per heavy atom. The van der Waals surface area contributed by atoms with Crippen LogP contribution in [0.25, 0.3) is 0 Å². The number of hydrogen-bond donors (Lipinski definition) is 2. The van der Waals surface area contributed by atoms with Crippen LogP contribution in [0.3, 0.4) is 0 Å². The number of hydrogen-bond acceptors (Lipinski definition) is 2. The number of carbonyl (C=O) groups is 2. The Bertz CT molecular complexity index is 490. The van der Waals surface area contributed by atoms with Gasteiger partial charge in [-0.15, -0.1) is 0 Å². The zero-order valence-corrected chi connectivity index (χ0v) is 11.0. The summed E-state index contributed by atoms with van der Waals surface area (Å²) in [4.78, 5) is 24.8. The molecule has 0 bridgehead atoms. The maximum Gasteiger partial charge on any atom is 0.326 e. The van der Waals surface area contributed by atoms with Crippen molar-refractivity contribution in [2.24, 2.45) is 0 Å². The maximum atomic E-state index is 12.8. The molecule has 2 N–H and O–H groups in total. The minimum atomic E-state index is -0.985. The molecule has 0 spiro atoms. The number of aliphatic carboxylic acids is 1. The summed E-state index contributed by atoms with van der Waals surface area (Å²) in [6, 6.07) is 4.13. The van der Waals surface area contributed by atoms with Crippen molar-refractivity contribution in [1.82, 2.24) is 4.90 Å². The first-order chi connectivity index (χ1) is 9.58. The van der Waals surface area contributed by atoms with E-state index < -0.39 is 18.0 Å². The molecule has 0 saturated carbocycles. The molecule has 6 heteroatoms. The summed E-state index contributed by atoms with van der Waals surface area (Å²) >= 11 is 0. The Balaban J connectivity index is 2.08. The van der Waals surface area contributed by atoms with Crippen molar-refractivity contribution in [3.63, 3.8) is 0 Å². The fourth-order valence-electron chi connectivity index (χ4n) is 2.34. The van der Waals surface area contributed by atoms with Crippen molar-refractivity contribution >= 4 is 17.7 Å². The first-order valence-electron chi connectivity index (χ1n) is 6.64. The second kappa shape index (κ2) is 6.36. The molecule has 1 aliphatic heterocycles. The Labute approximate surface area is 116 Å². The molecule has 108 valence electrons. The molecule has 2 rings (SSSR count). The van der Waals surface area contributed by atoms with Gasteiger partial charge in [-0.2, -0.15) is 0 Å². The molecule has 1 aromatic carbocycles. The van der Waals surface area contributed by atoms with Crippen LogP contribution >= 0.6 is 0 Å². The Morgan fingerprint density at radius 3 is 2.55 bits per heavy atom. The van der Waals surface area contributed by atoms with Crippen molar-refractivity contribution in [3.05, 3.63) is 30.1 Å². The SMILES string of the molecule is O=C(O)C1CCCCCN1C(=O)Nc1ccc(F)cc1. The average Bonchev–Trinajstić information content (AvgIpc) is 2.67. The number of likely N-dealkylation sites (tertiary alicyclic amines) is 1. The Hall–Kier alpha value is -2.11. The zero-order chi connectivity index (χ0) is 14.5. The van der Waals surface area contributed by atoms with Crippen LogP contribution in [0.1, 0.15) is 25.7 Å². The van der Waals surface area contributed by atoms with Crippen molar-refractivity contribution in [1.29, 1.82) is 0 Å². The number of carboxylic acids is 1. The number of anilines is 1. The highest BCUT2D eigenvalue weighted by molar-refractivity contribution is 5.92. The van der Waals surface area contributed by atoms with E-state index in [0.717, 1.165) is 19.3 Å². The highest BCUT2D eigenvalue weighted by Crippen LogP contribution is 2.19. The molecular formula is C14H17FN2O3. The van der Waals surface area contributed by atoms with Crippen molar-refractivity contribution in [2.75, 3.05) is 11.9 Å². The molecule has 0 radical (unpaired) electrons. The largest absolute Gasteiger partial charge is 0.480 e. The summed E-state index contributed by atoms with van der Waals surface area (Å²) in [5.41, 5.74) is 0.449. The number of urea groups is 1. The van der Waals surface area contributed by atoms with Crippen LogP contribution in [0.5, 0.6) is 0 Å². The normalized spacial score (nSPS) is 19.2. The lowest BCUT2D eigenvalue weighted by Crippen LogP contribution is -2.46. The molecule has 1 aromatic rings. The summed E-state index contributed by atoms with van der Waals surface area (Å²) in [6.07, 6.45) is 2.98. The van der Waals surface area contributed by atoms with Crippen LogP contribution in [0.15, 0.2) is 24.3 Å². The Morgan fingerprint density at radius 1 is 1.20 bits per heavy atom. The van der Waals surface area contributed by atoms with E-state index in [2.05, 4.69) is 5.32 Å². The molecule has 1 fully saturated rings. The molecular weight excluding hydrogens is 263 g/mol. The number of nitrogens with one attached hydrogen (secondary N) is 1. The van der Waals surface area contributed by atoms with Gasteiger partial charge in [0.2, 0.25) is 0 Å². The van der Waals surface area contributed by atoms with Gasteiger partial charge in [-0.25, -0.2) is 14.0 Å². The van der Waals surface area contributed by atoms with Gasteiger partial charge in [-0.1, -0.05) is 12.8 Å². The molecule has 0 aromatic heterocycles. The summed E-state index contributed by atoms with van der Waals surface area (Å²) < 4.78 is 12.8. The maximum absolute atomic E-state index is 12.8. The highest BCUT2D eigenvalue weighted by atomic mass is 19.1. The minimum absolute atomic E-state index is 0.388. The van der Waals surface area contributed by atoms with Gasteiger partial charge in [0.1, 0.15) is 11.9 Å². The lowest BCUT2D eigenvalue weighted by atomic mass is 10.1. The van der Waals surface area contributed by atoms with Crippen LogP contribution in [0.2, 0.25) is 0 Å². The lowest BCUT2D eigenvalue weighted by Gasteiger charge is -2.27. The minimum Gasteiger partial charge on any atom is -0.480 e. The second-order valence-corrected chi connectivity index (χ2v) is 4.83. The summed E-state index contributed by atoms with van der Waals surface area (Å²) in [7, 11) is 0. The van der Waals surface area contributed by atoms with Gasteiger partial charge in [0, 0.05) is 12.2 Å². The first-order valence-corrected chi connectivity index (χ1v) is 6.64. The van der Waals surface area contributed by atoms with Crippen molar-refractivity contribution in [3.8, 4) is 0 Å². The molecule has 1 aliphatic rings. The van der Waals surface area contributed by atoms with Gasteiger partial charge >= 0.3 is 12.0 Å². The van der Waals surface area contributed by atoms with Crippen LogP contribution in [0, 0.1) is 5.82 Å². The quantitative estimate of drug-likeness (QED) is 0.875. The van der Waals surface area contributed by atoms with E-state index in [-0.39, 0.29) is 5.82 Å². The molecule has 20 heavy (non-hydrogen) atoms. The van der Waals surface area contributed by atoms with Crippen molar-refractivity contribution in [2.45, 2.75) is 31.7 Å². The number of carboxylic acid groups (broad SMARTS) is 1. The first kappa shape index (κ1) is 14.3. The van der Waals surface area contributed by atoms with Gasteiger partial charge in [0.05, 0.1) is 0 Å². The van der Waals surface area contributed by atoms with Gasteiger partial charge in [0.25, 0.3) is 0 Å². The molecule has 5 nitrogen and oxygen atoms in total. The lowest BCUT2D eigenvalue weighted by molar-refractivity contribution is -0.142. The van der Waals surface area contributed by atoms with E-state index in [1.54, 1.807) is 0 Å². The third-order valence-corrected chi connectivity index (χ3v) is 3.39. The van der Waals surface area contributed by atoms with Gasteiger partial charge in [0.15, 0.2) is 0 Å². The third kappa shape index (κ3) is 3.46. The molecule has 0 aliphatic carbocycles. The number of carbonyl (C=O) groups excluding carboxylic acids is 1. The van der Waals surface area contributed by atoms with Crippen LogP contribution in [-0.4, -0.2) is 34.6 Å². The molecule has 1 saturated heterocycles. The zero-order valence-electron chi connectivity index (χ0n) is 11.0. The number of nitrogens with zero attached hydrogens (tertiary/aromatic N) is 1. The number of halogens is 1. The Kier molecular flexibility index (Phi) is 4.55. The van der Waals surface area contributed by atoms with E-state index >= 15 is 0 Å². The highest BCUT2D eigenvalue weighted by Gasteiger charge is 2.30. The number of benzene rings is 1. The summed E-state index contributed by atoms with van der Waals surface area (Å²) in [5.74, 6) is -1.37. The second-order valence-electron chi connectivity index (χ2n) is 4.83. The van der Waals surface area contributed by atoms with Gasteiger partial charge < -0.3 is 15.3 Å². The average molecular weight is 280 g/mol. The fraction of sp³-hybridized carbons (Fsp3) is 0.429. The van der Waals surface area contributed by atoms with E-state index in [9.17, 15) is 19.1 Å². The van der Waals surface area contributed by atoms with E-state index in [1.807, 2.05) is 0 Å². The van der Waals surface area contributed by atoms with Crippen LogP contribution in [-0.2, 0) is 4.79 Å². The predicted molar refractivity (Wildman–Crippen MR) is 72.0 cm³/mol. The molecule has 2 amide bonds. The van der Waals surface area contributed by atoms with Crippen LogP contribution < -0.4 is 5.32 Å². The topological polar surface area (TPSA) is 69.6 Å². The van der Waals surface area contributed by atoms with Crippen molar-refractivity contribution < 1.29 is 19.1 Å².